The molecule has 0 unspecified atom stereocenters. The molecular weight excluding hydrogens is 530 g/mol. The van der Waals surface area contributed by atoms with Crippen LogP contribution in [0.25, 0.3) is 0 Å². The molecular formula is C26H29N3O7S2. The molecule has 3 aromatic rings. The molecule has 1 saturated heterocycles. The minimum atomic E-state index is -4.08. The number of hydrogen-bond acceptors (Lipinski definition) is 7. The molecule has 0 bridgehead atoms. The first-order chi connectivity index (χ1) is 18.1. The summed E-state index contributed by atoms with van der Waals surface area (Å²) in [6.45, 7) is 2.25. The van der Waals surface area contributed by atoms with Crippen LogP contribution in [0.3, 0.4) is 0 Å². The third-order valence-corrected chi connectivity index (χ3v) is 9.65. The molecule has 0 spiro atoms. The molecule has 1 aliphatic rings. The third kappa shape index (κ3) is 5.99. The van der Waals surface area contributed by atoms with Gasteiger partial charge in [0.2, 0.25) is 15.9 Å². The number of morpholine rings is 1. The number of aryl methyl sites for hydroxylation is 1. The largest absolute Gasteiger partial charge is 0.495 e. The zero-order valence-electron chi connectivity index (χ0n) is 21.0. The highest BCUT2D eigenvalue weighted by atomic mass is 32.2. The lowest BCUT2D eigenvalue weighted by molar-refractivity contribution is -0.114. The smallest absolute Gasteiger partial charge is 0.264 e. The summed E-state index contributed by atoms with van der Waals surface area (Å²) in [5, 5.41) is 2.64. The highest BCUT2D eigenvalue weighted by Crippen LogP contribution is 2.30. The Bertz CT molecular complexity index is 1500. The van der Waals surface area contributed by atoms with Crippen molar-refractivity contribution < 1.29 is 31.1 Å². The van der Waals surface area contributed by atoms with Gasteiger partial charge in [-0.15, -0.1) is 0 Å². The number of nitrogens with one attached hydrogen (secondary N) is 1. The normalized spacial score (nSPS) is 14.6. The summed E-state index contributed by atoms with van der Waals surface area (Å²) < 4.78 is 66.4. The van der Waals surface area contributed by atoms with Crippen molar-refractivity contribution in [1.82, 2.24) is 4.31 Å². The Kier molecular flexibility index (Phi) is 8.36. The van der Waals surface area contributed by atoms with E-state index in [0.717, 1.165) is 9.87 Å². The predicted molar refractivity (Wildman–Crippen MR) is 143 cm³/mol. The number of carbonyl (C=O) groups excluding carboxylic acids is 1. The number of amides is 1. The Hall–Kier alpha value is -3.45. The molecule has 3 aromatic carbocycles. The van der Waals surface area contributed by atoms with Crippen molar-refractivity contribution in [2.75, 3.05) is 49.6 Å². The van der Waals surface area contributed by atoms with E-state index in [0.29, 0.717) is 5.69 Å². The van der Waals surface area contributed by atoms with E-state index in [1.165, 1.54) is 41.7 Å². The van der Waals surface area contributed by atoms with Gasteiger partial charge in [0, 0.05) is 18.8 Å². The van der Waals surface area contributed by atoms with Gasteiger partial charge >= 0.3 is 0 Å². The summed E-state index contributed by atoms with van der Waals surface area (Å²) in [5.74, 6) is -0.520. The van der Waals surface area contributed by atoms with Gasteiger partial charge in [0.15, 0.2) is 0 Å². The number of nitrogens with zero attached hydrogens (tertiary/aromatic N) is 2. The van der Waals surface area contributed by atoms with Gasteiger partial charge in [0.05, 0.1) is 30.9 Å². The Balaban J connectivity index is 1.63. The molecule has 0 saturated carbocycles. The SMILES string of the molecule is COc1ccc(NC(=O)CN(c2cccc(C)c2)S(=O)(=O)c2ccccc2)cc1S(=O)(=O)N1CCOCC1. The van der Waals surface area contributed by atoms with Gasteiger partial charge in [-0.05, 0) is 55.0 Å². The Labute approximate surface area is 222 Å². The number of hydrogen-bond donors (Lipinski definition) is 1. The summed E-state index contributed by atoms with van der Waals surface area (Å²) in [6.07, 6.45) is 0. The zero-order valence-corrected chi connectivity index (χ0v) is 22.7. The van der Waals surface area contributed by atoms with Crippen molar-refractivity contribution in [1.29, 1.82) is 0 Å². The maximum atomic E-state index is 13.5. The second-order valence-corrected chi connectivity index (χ2v) is 12.4. The quantitative estimate of drug-likeness (QED) is 0.428. The van der Waals surface area contributed by atoms with Gasteiger partial charge < -0.3 is 14.8 Å². The van der Waals surface area contributed by atoms with Gasteiger partial charge in [0.25, 0.3) is 10.0 Å². The molecule has 38 heavy (non-hydrogen) atoms. The number of benzene rings is 3. The van der Waals surface area contributed by atoms with Crippen molar-refractivity contribution in [2.24, 2.45) is 0 Å². The highest BCUT2D eigenvalue weighted by Gasteiger charge is 2.31. The van der Waals surface area contributed by atoms with Crippen LogP contribution in [-0.4, -0.2) is 67.0 Å². The van der Waals surface area contributed by atoms with E-state index < -0.39 is 32.5 Å². The molecule has 0 aliphatic carbocycles. The highest BCUT2D eigenvalue weighted by molar-refractivity contribution is 7.92. The number of anilines is 2. The molecule has 0 aromatic heterocycles. The van der Waals surface area contributed by atoms with Gasteiger partial charge in [-0.3, -0.25) is 9.10 Å². The maximum Gasteiger partial charge on any atom is 0.264 e. The molecule has 10 nitrogen and oxygen atoms in total. The number of ether oxygens (including phenoxy) is 2. The number of carbonyl (C=O) groups is 1. The number of sulfonamides is 2. The Morgan fingerprint density at radius 2 is 1.68 bits per heavy atom. The zero-order chi connectivity index (χ0) is 27.3. The standard InChI is InChI=1S/C26H29N3O7S2/c1-20-7-6-8-22(17-20)29(37(31,32)23-9-4-3-5-10-23)19-26(30)27-21-11-12-24(35-2)25(18-21)38(33,34)28-13-15-36-16-14-28/h3-12,17-18H,13-16,19H2,1-2H3,(H,27,30). The molecule has 1 amide bonds. The van der Waals surface area contributed by atoms with E-state index in [4.69, 9.17) is 9.47 Å². The summed E-state index contributed by atoms with van der Waals surface area (Å²) >= 11 is 0. The lowest BCUT2D eigenvalue weighted by Crippen LogP contribution is -2.40. The van der Waals surface area contributed by atoms with Gasteiger partial charge in [-0.2, -0.15) is 4.31 Å². The van der Waals surface area contributed by atoms with Crippen molar-refractivity contribution >= 4 is 37.3 Å². The monoisotopic (exact) mass is 559 g/mol. The summed E-state index contributed by atoms with van der Waals surface area (Å²) in [7, 11) is -6.64. The molecule has 1 N–H and O–H groups in total. The van der Waals surface area contributed by atoms with Gasteiger partial charge in [-0.25, -0.2) is 16.8 Å². The van der Waals surface area contributed by atoms with Crippen LogP contribution in [0.15, 0.2) is 82.6 Å². The van der Waals surface area contributed by atoms with Crippen LogP contribution in [0.2, 0.25) is 0 Å². The first-order valence-corrected chi connectivity index (χ1v) is 14.7. The van der Waals surface area contributed by atoms with Crippen LogP contribution in [0.1, 0.15) is 5.56 Å². The first-order valence-electron chi connectivity index (χ1n) is 11.8. The van der Waals surface area contributed by atoms with E-state index in [1.807, 2.05) is 13.0 Å². The topological polar surface area (TPSA) is 122 Å². The second kappa shape index (κ2) is 11.5. The fraction of sp³-hybridized carbons (Fsp3) is 0.269. The average molecular weight is 560 g/mol. The summed E-state index contributed by atoms with van der Waals surface area (Å²) in [4.78, 5) is 13.1. The lowest BCUT2D eigenvalue weighted by atomic mass is 10.2. The van der Waals surface area contributed by atoms with Crippen molar-refractivity contribution in [2.45, 2.75) is 16.7 Å². The number of rotatable bonds is 9. The third-order valence-electron chi connectivity index (χ3n) is 5.94. The second-order valence-electron chi connectivity index (χ2n) is 8.59. The van der Waals surface area contributed by atoms with Crippen molar-refractivity contribution in [3.63, 3.8) is 0 Å². The Morgan fingerprint density at radius 3 is 2.34 bits per heavy atom. The van der Waals surface area contributed by atoms with Crippen LogP contribution >= 0.6 is 0 Å². The van der Waals surface area contributed by atoms with Crippen LogP contribution in [0.4, 0.5) is 11.4 Å². The average Bonchev–Trinajstić information content (AvgIpc) is 2.92. The van der Waals surface area contributed by atoms with Crippen molar-refractivity contribution in [3.05, 3.63) is 78.4 Å². The van der Waals surface area contributed by atoms with E-state index in [9.17, 15) is 21.6 Å². The Morgan fingerprint density at radius 1 is 0.974 bits per heavy atom. The molecule has 202 valence electrons. The van der Waals surface area contributed by atoms with E-state index in [1.54, 1.807) is 36.4 Å². The predicted octanol–water partition coefficient (Wildman–Crippen LogP) is 2.86. The first kappa shape index (κ1) is 27.6. The van der Waals surface area contributed by atoms with E-state index in [2.05, 4.69) is 5.32 Å². The molecule has 1 heterocycles. The van der Waals surface area contributed by atoms with E-state index >= 15 is 0 Å². The van der Waals surface area contributed by atoms with Gasteiger partial charge in [-0.1, -0.05) is 30.3 Å². The van der Waals surface area contributed by atoms with Crippen LogP contribution in [-0.2, 0) is 29.6 Å². The molecule has 1 aliphatic heterocycles. The molecule has 1 fully saturated rings. The molecule has 12 heteroatoms. The fourth-order valence-corrected chi connectivity index (χ4v) is 7.05. The van der Waals surface area contributed by atoms with Crippen LogP contribution in [0, 0.1) is 6.92 Å². The van der Waals surface area contributed by atoms with Crippen molar-refractivity contribution in [3.8, 4) is 5.75 Å². The number of methoxy groups -OCH3 is 1. The van der Waals surface area contributed by atoms with Crippen LogP contribution in [0.5, 0.6) is 5.75 Å². The summed E-state index contributed by atoms with van der Waals surface area (Å²) in [5.41, 5.74) is 1.34. The maximum absolute atomic E-state index is 13.5. The minimum Gasteiger partial charge on any atom is -0.495 e. The van der Waals surface area contributed by atoms with Gasteiger partial charge in [0.1, 0.15) is 17.2 Å². The molecule has 0 radical (unpaired) electrons. The molecule has 4 rings (SSSR count). The minimum absolute atomic E-state index is 0.0395. The van der Waals surface area contributed by atoms with Crippen LogP contribution < -0.4 is 14.4 Å². The lowest BCUT2D eigenvalue weighted by Gasteiger charge is -2.27. The fourth-order valence-electron chi connectivity index (χ4n) is 4.03. The summed E-state index contributed by atoms with van der Waals surface area (Å²) in [6, 6.07) is 18.9. The van der Waals surface area contributed by atoms with E-state index in [-0.39, 0.29) is 47.5 Å². The molecule has 0 atom stereocenters.